The average molecular weight is 238 g/mol. The number of benzene rings is 1. The van der Waals surface area contributed by atoms with Gasteiger partial charge >= 0.3 is 0 Å². The van der Waals surface area contributed by atoms with Gasteiger partial charge in [-0.05, 0) is 26.6 Å². The molecule has 0 aliphatic heterocycles. The maximum Gasteiger partial charge on any atom is 0.272 e. The van der Waals surface area contributed by atoms with Gasteiger partial charge in [-0.15, -0.1) is 0 Å². The molecule has 0 saturated carbocycles. The van der Waals surface area contributed by atoms with Crippen LogP contribution in [0.25, 0.3) is 0 Å². The van der Waals surface area contributed by atoms with Gasteiger partial charge in [0.2, 0.25) is 0 Å². The highest BCUT2D eigenvalue weighted by Gasteiger charge is 2.05. The summed E-state index contributed by atoms with van der Waals surface area (Å²) in [4.78, 5) is 12.2. The quantitative estimate of drug-likeness (QED) is 0.597. The van der Waals surface area contributed by atoms with Crippen molar-refractivity contribution in [2.75, 3.05) is 19.6 Å². The Morgan fingerprint density at radius 3 is 1.82 bits per heavy atom. The van der Waals surface area contributed by atoms with Crippen LogP contribution in [0.2, 0.25) is 0 Å². The number of hydrogen-bond acceptors (Lipinski definition) is 3. The van der Waals surface area contributed by atoms with Crippen LogP contribution < -0.4 is 0 Å². The molecule has 0 saturated heterocycles. The Bertz CT molecular complexity index is 330. The molecule has 0 heterocycles. The van der Waals surface area contributed by atoms with Crippen LogP contribution in [0.3, 0.4) is 0 Å². The molecule has 0 aliphatic carbocycles. The van der Waals surface area contributed by atoms with Crippen molar-refractivity contribution in [3.63, 3.8) is 0 Å². The molecule has 0 fully saturated rings. The van der Waals surface area contributed by atoms with Crippen LogP contribution in [0.4, 0.5) is 5.69 Å². The Labute approximate surface area is 103 Å². The van der Waals surface area contributed by atoms with Crippen molar-refractivity contribution < 1.29 is 4.92 Å². The van der Waals surface area contributed by atoms with Crippen LogP contribution in [0.1, 0.15) is 26.3 Å². The molecule has 0 aliphatic rings. The van der Waals surface area contributed by atoms with Gasteiger partial charge in [0, 0.05) is 11.6 Å². The smallest absolute Gasteiger partial charge is 0.272 e. The van der Waals surface area contributed by atoms with Gasteiger partial charge in [0.15, 0.2) is 0 Å². The summed E-state index contributed by atoms with van der Waals surface area (Å²) in [5.41, 5.74) is 0.884. The standard InChI is InChI=1S/C7H7NO2.C6H15N/c1-6-4-2-3-5-7(6)8(9)10;1-4-7(5-2)6-3/h2-5H,1H3;4-6H2,1-3H3. The number of rotatable bonds is 4. The van der Waals surface area contributed by atoms with Gasteiger partial charge < -0.3 is 4.90 Å². The number of nitro groups is 1. The summed E-state index contributed by atoms with van der Waals surface area (Å²) in [6.07, 6.45) is 0. The van der Waals surface area contributed by atoms with E-state index in [1.54, 1.807) is 25.1 Å². The molecule has 0 spiro atoms. The highest BCUT2D eigenvalue weighted by molar-refractivity contribution is 5.38. The number of hydrogen-bond donors (Lipinski definition) is 0. The normalized spacial score (nSPS) is 9.71. The topological polar surface area (TPSA) is 46.4 Å². The molecule has 0 radical (unpaired) electrons. The first-order valence-corrected chi connectivity index (χ1v) is 5.99. The first-order chi connectivity index (χ1) is 8.06. The third-order valence-corrected chi connectivity index (χ3v) is 2.65. The SMILES string of the molecule is CCN(CC)CC.Cc1ccccc1[N+](=O)[O-]. The molecule has 0 aromatic heterocycles. The van der Waals surface area contributed by atoms with E-state index in [9.17, 15) is 10.1 Å². The van der Waals surface area contributed by atoms with Gasteiger partial charge in [-0.1, -0.05) is 39.0 Å². The minimum absolute atomic E-state index is 0.183. The molecular formula is C13H22N2O2. The van der Waals surface area contributed by atoms with Crippen LogP contribution in [0.15, 0.2) is 24.3 Å². The zero-order chi connectivity index (χ0) is 13.3. The summed E-state index contributed by atoms with van der Waals surface area (Å²) < 4.78 is 0. The molecule has 0 atom stereocenters. The predicted molar refractivity (Wildman–Crippen MR) is 71.3 cm³/mol. The third kappa shape index (κ3) is 6.02. The Morgan fingerprint density at radius 2 is 1.59 bits per heavy atom. The highest BCUT2D eigenvalue weighted by atomic mass is 16.6. The van der Waals surface area contributed by atoms with E-state index >= 15 is 0 Å². The maximum absolute atomic E-state index is 10.2. The monoisotopic (exact) mass is 238 g/mol. The molecular weight excluding hydrogens is 216 g/mol. The lowest BCUT2D eigenvalue weighted by Crippen LogP contribution is -2.21. The lowest BCUT2D eigenvalue weighted by Gasteiger charge is -2.13. The van der Waals surface area contributed by atoms with E-state index in [2.05, 4.69) is 25.7 Å². The van der Waals surface area contributed by atoms with Gasteiger partial charge in [-0.3, -0.25) is 10.1 Å². The van der Waals surface area contributed by atoms with E-state index in [0.29, 0.717) is 5.56 Å². The van der Waals surface area contributed by atoms with E-state index in [0.717, 1.165) is 0 Å². The fraction of sp³-hybridized carbons (Fsp3) is 0.538. The third-order valence-electron chi connectivity index (χ3n) is 2.65. The number of aryl methyl sites for hydroxylation is 1. The van der Waals surface area contributed by atoms with E-state index in [1.807, 2.05) is 0 Å². The summed E-state index contributed by atoms with van der Waals surface area (Å²) in [6.45, 7) is 11.8. The molecule has 4 nitrogen and oxygen atoms in total. The zero-order valence-corrected chi connectivity index (χ0v) is 11.1. The van der Waals surface area contributed by atoms with E-state index < -0.39 is 0 Å². The van der Waals surface area contributed by atoms with Gasteiger partial charge in [-0.25, -0.2) is 0 Å². The first kappa shape index (κ1) is 15.6. The van der Waals surface area contributed by atoms with Crippen molar-refractivity contribution in [3.05, 3.63) is 39.9 Å². The van der Waals surface area contributed by atoms with Crippen LogP contribution >= 0.6 is 0 Å². The second-order valence-electron chi connectivity index (χ2n) is 3.66. The van der Waals surface area contributed by atoms with E-state index in [1.165, 1.54) is 25.7 Å². The van der Waals surface area contributed by atoms with Gasteiger partial charge in [0.1, 0.15) is 0 Å². The molecule has 0 N–H and O–H groups in total. The predicted octanol–water partition coefficient (Wildman–Crippen LogP) is 3.25. The lowest BCUT2D eigenvalue weighted by molar-refractivity contribution is -0.385. The van der Waals surface area contributed by atoms with Crippen LogP contribution in [-0.4, -0.2) is 29.5 Å². The zero-order valence-electron chi connectivity index (χ0n) is 11.1. The minimum atomic E-state index is -0.380. The van der Waals surface area contributed by atoms with Crippen molar-refractivity contribution in [1.29, 1.82) is 0 Å². The molecule has 0 bridgehead atoms. The highest BCUT2D eigenvalue weighted by Crippen LogP contribution is 2.14. The Kier molecular flexibility index (Phi) is 7.97. The van der Waals surface area contributed by atoms with Crippen molar-refractivity contribution in [2.45, 2.75) is 27.7 Å². The van der Waals surface area contributed by atoms with Crippen molar-refractivity contribution >= 4 is 5.69 Å². The number of nitro benzene ring substituents is 1. The Morgan fingerprint density at radius 1 is 1.12 bits per heavy atom. The molecule has 17 heavy (non-hydrogen) atoms. The largest absolute Gasteiger partial charge is 0.304 e. The maximum atomic E-state index is 10.2. The summed E-state index contributed by atoms with van der Waals surface area (Å²) in [6, 6.07) is 6.65. The van der Waals surface area contributed by atoms with Crippen LogP contribution in [-0.2, 0) is 0 Å². The van der Waals surface area contributed by atoms with E-state index in [-0.39, 0.29) is 10.6 Å². The molecule has 96 valence electrons. The molecule has 1 rings (SSSR count). The van der Waals surface area contributed by atoms with Crippen molar-refractivity contribution in [3.8, 4) is 0 Å². The van der Waals surface area contributed by atoms with E-state index in [4.69, 9.17) is 0 Å². The molecule has 0 unspecified atom stereocenters. The molecule has 0 amide bonds. The fourth-order valence-electron chi connectivity index (χ4n) is 1.44. The summed E-state index contributed by atoms with van der Waals surface area (Å²) in [7, 11) is 0. The van der Waals surface area contributed by atoms with Crippen LogP contribution in [0, 0.1) is 17.0 Å². The molecule has 1 aromatic rings. The number of nitrogens with zero attached hydrogens (tertiary/aromatic N) is 2. The van der Waals surface area contributed by atoms with Gasteiger partial charge in [-0.2, -0.15) is 0 Å². The number of para-hydroxylation sites is 1. The lowest BCUT2D eigenvalue weighted by atomic mass is 10.2. The first-order valence-electron chi connectivity index (χ1n) is 5.99. The van der Waals surface area contributed by atoms with Crippen LogP contribution in [0.5, 0.6) is 0 Å². The second-order valence-corrected chi connectivity index (χ2v) is 3.66. The summed E-state index contributed by atoms with van der Waals surface area (Å²) >= 11 is 0. The summed E-state index contributed by atoms with van der Waals surface area (Å²) in [5.74, 6) is 0. The Hall–Kier alpha value is -1.42. The van der Waals surface area contributed by atoms with Crippen molar-refractivity contribution in [1.82, 2.24) is 4.90 Å². The fourth-order valence-corrected chi connectivity index (χ4v) is 1.44. The Balaban J connectivity index is 0.000000325. The van der Waals surface area contributed by atoms with Gasteiger partial charge in [0.05, 0.1) is 4.92 Å². The second kappa shape index (κ2) is 8.70. The molecule has 4 heteroatoms. The van der Waals surface area contributed by atoms with Gasteiger partial charge in [0.25, 0.3) is 5.69 Å². The summed E-state index contributed by atoms with van der Waals surface area (Å²) in [5, 5.41) is 10.2. The minimum Gasteiger partial charge on any atom is -0.304 e. The average Bonchev–Trinajstić information content (AvgIpc) is 2.32. The van der Waals surface area contributed by atoms with Crippen molar-refractivity contribution in [2.24, 2.45) is 0 Å². The molecule has 1 aromatic carbocycles.